The molecule has 0 spiro atoms. The molecule has 128 valence electrons. The summed E-state index contributed by atoms with van der Waals surface area (Å²) >= 11 is 6.05. The number of methoxy groups -OCH3 is 2. The van der Waals surface area contributed by atoms with Crippen molar-refractivity contribution in [1.29, 1.82) is 0 Å². The van der Waals surface area contributed by atoms with Crippen LogP contribution in [0.1, 0.15) is 6.42 Å². The minimum atomic E-state index is -1.19. The molecule has 24 heavy (non-hydrogen) atoms. The summed E-state index contributed by atoms with van der Waals surface area (Å²) in [7, 11) is 2.92. The lowest BCUT2D eigenvalue weighted by molar-refractivity contribution is -0.313. The van der Waals surface area contributed by atoms with Gasteiger partial charge >= 0.3 is 0 Å². The predicted molar refractivity (Wildman–Crippen MR) is 85.9 cm³/mol. The first-order chi connectivity index (χ1) is 11.5. The smallest absolute Gasteiger partial charge is 0.228 e. The molecule has 2 aliphatic rings. The zero-order valence-electron chi connectivity index (χ0n) is 13.2. The molecule has 2 aliphatic carbocycles. The van der Waals surface area contributed by atoms with Crippen LogP contribution < -0.4 is 19.9 Å². The predicted octanol–water partition coefficient (Wildman–Crippen LogP) is 1.48. The van der Waals surface area contributed by atoms with E-state index >= 15 is 0 Å². The standard InChI is InChI=1S/C17H18ClNO5/c1-23-12-7-11(13(24-2)6-10(12)18)19-16(20)14-8-3-4-9(5-8)15(14)17(21)22/h3-4,6-9,14-15H,5H2,1-2H3,(H,19,20)(H,21,22)/p-1/t8-,9+,14-,15-/m0/s1. The number of allylic oxidation sites excluding steroid dienone is 2. The van der Waals surface area contributed by atoms with Gasteiger partial charge in [0, 0.05) is 24.0 Å². The van der Waals surface area contributed by atoms with E-state index in [2.05, 4.69) is 5.32 Å². The number of amides is 1. The van der Waals surface area contributed by atoms with Crippen molar-refractivity contribution in [2.24, 2.45) is 23.7 Å². The van der Waals surface area contributed by atoms with E-state index in [9.17, 15) is 14.7 Å². The van der Waals surface area contributed by atoms with Gasteiger partial charge in [-0.25, -0.2) is 0 Å². The summed E-state index contributed by atoms with van der Waals surface area (Å²) in [6, 6.07) is 3.09. The average molecular weight is 351 g/mol. The number of aliphatic carboxylic acids is 1. The number of hydrogen-bond donors (Lipinski definition) is 1. The van der Waals surface area contributed by atoms with Crippen LogP contribution in [0.5, 0.6) is 11.5 Å². The van der Waals surface area contributed by atoms with Crippen LogP contribution in [0.2, 0.25) is 5.02 Å². The van der Waals surface area contributed by atoms with Gasteiger partial charge in [-0.3, -0.25) is 4.79 Å². The molecule has 0 heterocycles. The molecule has 2 bridgehead atoms. The Labute approximate surface area is 144 Å². The lowest BCUT2D eigenvalue weighted by Crippen LogP contribution is -2.42. The highest BCUT2D eigenvalue weighted by molar-refractivity contribution is 6.32. The van der Waals surface area contributed by atoms with Crippen LogP contribution >= 0.6 is 11.6 Å². The van der Waals surface area contributed by atoms with Gasteiger partial charge in [0.25, 0.3) is 0 Å². The van der Waals surface area contributed by atoms with Crippen molar-refractivity contribution >= 4 is 29.2 Å². The average Bonchev–Trinajstić information content (AvgIpc) is 3.16. The molecule has 1 aromatic rings. The molecule has 0 radical (unpaired) electrons. The number of carboxylic acid groups (broad SMARTS) is 1. The van der Waals surface area contributed by atoms with Crippen LogP contribution in [-0.4, -0.2) is 26.1 Å². The van der Waals surface area contributed by atoms with Gasteiger partial charge in [-0.15, -0.1) is 0 Å². The van der Waals surface area contributed by atoms with E-state index in [1.54, 1.807) is 6.07 Å². The number of anilines is 1. The summed E-state index contributed by atoms with van der Waals surface area (Å²) in [5.41, 5.74) is 0.382. The number of hydrogen-bond acceptors (Lipinski definition) is 5. The second-order valence-electron chi connectivity index (χ2n) is 6.00. The fraction of sp³-hybridized carbons (Fsp3) is 0.412. The maximum atomic E-state index is 12.7. The van der Waals surface area contributed by atoms with E-state index in [1.165, 1.54) is 20.3 Å². The third-order valence-electron chi connectivity index (χ3n) is 4.77. The monoisotopic (exact) mass is 350 g/mol. The Balaban J connectivity index is 1.87. The zero-order chi connectivity index (χ0) is 17.4. The Morgan fingerprint density at radius 2 is 1.75 bits per heavy atom. The van der Waals surface area contributed by atoms with Gasteiger partial charge in [0.1, 0.15) is 11.5 Å². The molecule has 0 aromatic heterocycles. The molecular formula is C17H17ClNO5-. The Hall–Kier alpha value is -2.21. The zero-order valence-corrected chi connectivity index (χ0v) is 14.0. The normalized spacial score (nSPS) is 27.1. The van der Waals surface area contributed by atoms with Crippen LogP contribution in [0, 0.1) is 23.7 Å². The van der Waals surface area contributed by atoms with Gasteiger partial charge in [0.15, 0.2) is 0 Å². The van der Waals surface area contributed by atoms with E-state index in [0.717, 1.165) is 0 Å². The lowest BCUT2D eigenvalue weighted by Gasteiger charge is -2.28. The third-order valence-corrected chi connectivity index (χ3v) is 5.06. The fourth-order valence-corrected chi connectivity index (χ4v) is 3.91. The highest BCUT2D eigenvalue weighted by Crippen LogP contribution is 2.48. The molecule has 1 aromatic carbocycles. The molecule has 0 saturated heterocycles. The maximum Gasteiger partial charge on any atom is 0.228 e. The van der Waals surface area contributed by atoms with Crippen LogP contribution in [0.3, 0.4) is 0 Å². The molecule has 3 rings (SSSR count). The van der Waals surface area contributed by atoms with Gasteiger partial charge in [0.05, 0.1) is 30.8 Å². The van der Waals surface area contributed by atoms with Gasteiger partial charge < -0.3 is 24.7 Å². The minimum Gasteiger partial charge on any atom is -0.550 e. The quantitative estimate of drug-likeness (QED) is 0.813. The van der Waals surface area contributed by atoms with Crippen molar-refractivity contribution in [3.63, 3.8) is 0 Å². The first-order valence-corrected chi connectivity index (χ1v) is 7.95. The summed E-state index contributed by atoms with van der Waals surface area (Å²) in [4.78, 5) is 24.1. The molecule has 4 atom stereocenters. The maximum absolute atomic E-state index is 12.7. The topological polar surface area (TPSA) is 87.7 Å². The molecule has 6 nitrogen and oxygen atoms in total. The van der Waals surface area contributed by atoms with Crippen molar-refractivity contribution in [3.05, 3.63) is 29.3 Å². The molecule has 1 saturated carbocycles. The van der Waals surface area contributed by atoms with Crippen molar-refractivity contribution in [2.45, 2.75) is 6.42 Å². The van der Waals surface area contributed by atoms with Gasteiger partial charge in [-0.05, 0) is 18.3 Å². The molecule has 0 aliphatic heterocycles. The Morgan fingerprint density at radius 1 is 1.12 bits per heavy atom. The van der Waals surface area contributed by atoms with E-state index in [4.69, 9.17) is 21.1 Å². The Morgan fingerprint density at radius 3 is 2.33 bits per heavy atom. The summed E-state index contributed by atoms with van der Waals surface area (Å²) in [6.07, 6.45) is 4.44. The van der Waals surface area contributed by atoms with Crippen LogP contribution in [-0.2, 0) is 9.59 Å². The number of carboxylic acids is 1. The first kappa shape index (κ1) is 16.6. The van der Waals surface area contributed by atoms with Crippen molar-refractivity contribution < 1.29 is 24.2 Å². The number of carbonyl (C=O) groups excluding carboxylic acids is 2. The molecule has 1 amide bonds. The van der Waals surface area contributed by atoms with Crippen molar-refractivity contribution in [3.8, 4) is 11.5 Å². The molecule has 1 N–H and O–H groups in total. The van der Waals surface area contributed by atoms with E-state index < -0.39 is 17.8 Å². The van der Waals surface area contributed by atoms with Gasteiger partial charge in [0.2, 0.25) is 5.91 Å². The number of fused-ring (bicyclic) bond motifs is 2. The summed E-state index contributed by atoms with van der Waals surface area (Å²) < 4.78 is 10.4. The Kier molecular flexibility index (Phi) is 4.41. The summed E-state index contributed by atoms with van der Waals surface area (Å²) in [6.45, 7) is 0. The number of carbonyl (C=O) groups is 2. The van der Waals surface area contributed by atoms with Gasteiger partial charge in [-0.1, -0.05) is 23.8 Å². The van der Waals surface area contributed by atoms with E-state index in [1.807, 2.05) is 12.2 Å². The van der Waals surface area contributed by atoms with E-state index in [-0.39, 0.29) is 17.7 Å². The molecule has 1 fully saturated rings. The second-order valence-corrected chi connectivity index (χ2v) is 6.40. The summed E-state index contributed by atoms with van der Waals surface area (Å²) in [5.74, 6) is -2.49. The highest BCUT2D eigenvalue weighted by Gasteiger charge is 2.48. The number of benzene rings is 1. The number of ether oxygens (including phenoxy) is 2. The van der Waals surface area contributed by atoms with Crippen LogP contribution in [0.15, 0.2) is 24.3 Å². The SMILES string of the molecule is COc1cc(NC(=O)[C@@H]2[C@@H](C(=O)[O-])[C@@H]3C=C[C@H]2C3)c(OC)cc1Cl. The van der Waals surface area contributed by atoms with Crippen molar-refractivity contribution in [1.82, 2.24) is 0 Å². The van der Waals surface area contributed by atoms with E-state index in [0.29, 0.717) is 28.6 Å². The second kappa shape index (κ2) is 6.36. The first-order valence-electron chi connectivity index (χ1n) is 7.57. The number of nitrogens with one attached hydrogen (secondary N) is 1. The van der Waals surface area contributed by atoms with Crippen LogP contribution in [0.25, 0.3) is 0 Å². The molecular weight excluding hydrogens is 334 g/mol. The van der Waals surface area contributed by atoms with Crippen LogP contribution in [0.4, 0.5) is 5.69 Å². The number of halogens is 1. The van der Waals surface area contributed by atoms with Gasteiger partial charge in [-0.2, -0.15) is 0 Å². The molecule has 0 unspecified atom stereocenters. The Bertz CT molecular complexity index is 717. The largest absolute Gasteiger partial charge is 0.550 e. The summed E-state index contributed by atoms with van der Waals surface area (Å²) in [5, 5.41) is 14.5. The fourth-order valence-electron chi connectivity index (χ4n) is 3.68. The highest BCUT2D eigenvalue weighted by atomic mass is 35.5. The number of rotatable bonds is 5. The lowest BCUT2D eigenvalue weighted by atomic mass is 9.82. The molecule has 7 heteroatoms. The minimum absolute atomic E-state index is 0.0851. The van der Waals surface area contributed by atoms with Crippen molar-refractivity contribution in [2.75, 3.05) is 19.5 Å². The third kappa shape index (κ3) is 2.71.